The lowest BCUT2D eigenvalue weighted by Gasteiger charge is -2.04. The van der Waals surface area contributed by atoms with Crippen LogP contribution in [0.3, 0.4) is 0 Å². The molecular formula is C4H11O4PS. The first-order valence-electron chi connectivity index (χ1n) is 2.59. The standard InChI is InChI=1S/C4H11O4PS/c1-8-10(6,7)4-9(2,3)5/h4H2,1-3H3. The Hall–Kier alpha value is 0.140. The van der Waals surface area contributed by atoms with Crippen LogP contribution in [-0.4, -0.2) is 34.4 Å². The van der Waals surface area contributed by atoms with E-state index in [1.807, 2.05) is 0 Å². The van der Waals surface area contributed by atoms with Crippen LogP contribution >= 0.6 is 7.14 Å². The van der Waals surface area contributed by atoms with Crippen molar-refractivity contribution in [2.24, 2.45) is 0 Å². The van der Waals surface area contributed by atoms with E-state index in [4.69, 9.17) is 0 Å². The molecule has 62 valence electrons. The topological polar surface area (TPSA) is 60.4 Å². The Labute approximate surface area is 61.1 Å². The van der Waals surface area contributed by atoms with Gasteiger partial charge in [-0.05, 0) is 13.3 Å². The van der Waals surface area contributed by atoms with Crippen molar-refractivity contribution in [3.05, 3.63) is 0 Å². The van der Waals surface area contributed by atoms with E-state index < -0.39 is 17.3 Å². The molecule has 0 saturated heterocycles. The minimum absolute atomic E-state index is 0.378. The quantitative estimate of drug-likeness (QED) is 0.476. The van der Waals surface area contributed by atoms with Crippen molar-refractivity contribution in [3.8, 4) is 0 Å². The molecule has 0 aliphatic carbocycles. The molecule has 0 aromatic carbocycles. The number of hydrogen-bond acceptors (Lipinski definition) is 4. The molecule has 10 heavy (non-hydrogen) atoms. The first kappa shape index (κ1) is 10.1. The maximum Gasteiger partial charge on any atom is 0.274 e. The summed E-state index contributed by atoms with van der Waals surface area (Å²) in [7, 11) is -5.00. The maximum atomic E-state index is 10.9. The molecule has 0 aliphatic rings. The zero-order valence-corrected chi connectivity index (χ0v) is 7.91. The van der Waals surface area contributed by atoms with E-state index in [2.05, 4.69) is 4.18 Å². The van der Waals surface area contributed by atoms with Gasteiger partial charge in [0.05, 0.1) is 14.3 Å². The summed E-state index contributed by atoms with van der Waals surface area (Å²) in [5.41, 5.74) is -0.378. The van der Waals surface area contributed by atoms with Crippen molar-refractivity contribution >= 4 is 17.3 Å². The van der Waals surface area contributed by atoms with Crippen LogP contribution in [-0.2, 0) is 18.9 Å². The molecule has 4 nitrogen and oxygen atoms in total. The molecular weight excluding hydrogens is 175 g/mol. The fraction of sp³-hybridized carbons (Fsp3) is 1.00. The van der Waals surface area contributed by atoms with E-state index in [1.165, 1.54) is 13.3 Å². The van der Waals surface area contributed by atoms with Gasteiger partial charge in [-0.3, -0.25) is 4.18 Å². The predicted molar refractivity (Wildman–Crippen MR) is 40.3 cm³/mol. The third kappa shape index (κ3) is 4.97. The van der Waals surface area contributed by atoms with Crippen molar-refractivity contribution in [2.75, 3.05) is 25.9 Å². The van der Waals surface area contributed by atoms with Gasteiger partial charge in [-0.15, -0.1) is 0 Å². The molecule has 0 amide bonds. The average molecular weight is 186 g/mol. The summed E-state index contributed by atoms with van der Waals surface area (Å²) in [6.45, 7) is 2.81. The van der Waals surface area contributed by atoms with Crippen LogP contribution in [0.4, 0.5) is 0 Å². The highest BCUT2D eigenvalue weighted by Gasteiger charge is 2.18. The Kier molecular flexibility index (Phi) is 3.07. The van der Waals surface area contributed by atoms with E-state index in [-0.39, 0.29) is 5.49 Å². The molecule has 0 fully saturated rings. The molecule has 0 rings (SSSR count). The van der Waals surface area contributed by atoms with Crippen molar-refractivity contribution < 1.29 is 17.2 Å². The van der Waals surface area contributed by atoms with Crippen LogP contribution in [0.5, 0.6) is 0 Å². The van der Waals surface area contributed by atoms with Gasteiger partial charge < -0.3 is 4.57 Å². The van der Waals surface area contributed by atoms with Crippen molar-refractivity contribution in [3.63, 3.8) is 0 Å². The predicted octanol–water partition coefficient (Wildman–Crippen LogP) is 0.543. The summed E-state index contributed by atoms with van der Waals surface area (Å²) in [4.78, 5) is 0. The van der Waals surface area contributed by atoms with Crippen LogP contribution in [0.2, 0.25) is 0 Å². The first-order valence-corrected chi connectivity index (χ1v) is 6.95. The molecule has 0 spiro atoms. The van der Waals surface area contributed by atoms with E-state index in [1.54, 1.807) is 0 Å². The Morgan fingerprint density at radius 3 is 1.90 bits per heavy atom. The van der Waals surface area contributed by atoms with E-state index in [0.717, 1.165) is 7.11 Å². The third-order valence-electron chi connectivity index (χ3n) is 0.723. The van der Waals surface area contributed by atoms with Crippen LogP contribution < -0.4 is 0 Å². The molecule has 0 unspecified atom stereocenters. The van der Waals surface area contributed by atoms with Crippen LogP contribution in [0.15, 0.2) is 0 Å². The van der Waals surface area contributed by atoms with Gasteiger partial charge in [-0.2, -0.15) is 8.42 Å². The molecule has 0 bridgehead atoms. The smallest absolute Gasteiger partial charge is 0.274 e. The van der Waals surface area contributed by atoms with Crippen LogP contribution in [0.25, 0.3) is 0 Å². The molecule has 0 radical (unpaired) electrons. The molecule has 0 N–H and O–H groups in total. The zero-order valence-electron chi connectivity index (χ0n) is 6.20. The summed E-state index contributed by atoms with van der Waals surface area (Å²) < 4.78 is 36.3. The second-order valence-corrected chi connectivity index (χ2v) is 8.06. The monoisotopic (exact) mass is 186 g/mol. The Morgan fingerprint density at radius 2 is 1.80 bits per heavy atom. The van der Waals surface area contributed by atoms with Gasteiger partial charge in [0.2, 0.25) is 0 Å². The lowest BCUT2D eigenvalue weighted by Crippen LogP contribution is -2.07. The Morgan fingerprint density at radius 1 is 1.40 bits per heavy atom. The average Bonchev–Trinajstić information content (AvgIpc) is 1.60. The van der Waals surface area contributed by atoms with Crippen LogP contribution in [0, 0.1) is 0 Å². The van der Waals surface area contributed by atoms with Gasteiger partial charge in [-0.25, -0.2) is 0 Å². The Balaban J connectivity index is 4.33. The zero-order chi connectivity index (χ0) is 8.41. The van der Waals surface area contributed by atoms with Crippen molar-refractivity contribution in [2.45, 2.75) is 0 Å². The number of rotatable bonds is 3. The first-order chi connectivity index (χ1) is 4.27. The maximum absolute atomic E-state index is 10.9. The summed E-state index contributed by atoms with van der Waals surface area (Å²) >= 11 is 0. The van der Waals surface area contributed by atoms with Gasteiger partial charge in [0, 0.05) is 0 Å². The van der Waals surface area contributed by atoms with Gasteiger partial charge in [-0.1, -0.05) is 0 Å². The highest BCUT2D eigenvalue weighted by atomic mass is 32.2. The van der Waals surface area contributed by atoms with Gasteiger partial charge in [0.15, 0.2) is 0 Å². The summed E-state index contributed by atoms with van der Waals surface area (Å²) in [6.07, 6.45) is 0. The largest absolute Gasteiger partial charge is 0.323 e. The van der Waals surface area contributed by atoms with E-state index >= 15 is 0 Å². The normalized spacial score (nSPS) is 13.5. The second kappa shape index (κ2) is 3.03. The second-order valence-electron chi connectivity index (χ2n) is 2.43. The number of hydrogen-bond donors (Lipinski definition) is 0. The molecule has 0 aliphatic heterocycles. The lowest BCUT2D eigenvalue weighted by molar-refractivity contribution is 0.401. The highest BCUT2D eigenvalue weighted by Crippen LogP contribution is 2.37. The van der Waals surface area contributed by atoms with E-state index in [9.17, 15) is 13.0 Å². The fourth-order valence-corrected chi connectivity index (χ4v) is 3.90. The molecule has 0 aromatic rings. The van der Waals surface area contributed by atoms with Crippen molar-refractivity contribution in [1.29, 1.82) is 0 Å². The van der Waals surface area contributed by atoms with Crippen molar-refractivity contribution in [1.82, 2.24) is 0 Å². The minimum Gasteiger partial charge on any atom is -0.323 e. The highest BCUT2D eigenvalue weighted by molar-refractivity contribution is 7.95. The lowest BCUT2D eigenvalue weighted by atomic mass is 11.8. The molecule has 6 heteroatoms. The molecule has 0 atom stereocenters. The minimum atomic E-state index is -3.54. The SMILES string of the molecule is COS(=O)(=O)CP(C)(C)=O. The van der Waals surface area contributed by atoms with Crippen LogP contribution in [0.1, 0.15) is 0 Å². The summed E-state index contributed by atoms with van der Waals surface area (Å²) in [5.74, 6) is 0. The summed E-state index contributed by atoms with van der Waals surface area (Å²) in [5, 5.41) is 0. The van der Waals surface area contributed by atoms with E-state index in [0.29, 0.717) is 0 Å². The molecule has 0 aromatic heterocycles. The van der Waals surface area contributed by atoms with Gasteiger partial charge in [0.1, 0.15) is 5.49 Å². The Bertz CT molecular complexity index is 236. The summed E-state index contributed by atoms with van der Waals surface area (Å²) in [6, 6.07) is 0. The third-order valence-corrected chi connectivity index (χ3v) is 4.98. The van der Waals surface area contributed by atoms with Gasteiger partial charge in [0.25, 0.3) is 10.1 Å². The van der Waals surface area contributed by atoms with Gasteiger partial charge >= 0.3 is 0 Å². The fourth-order valence-electron chi connectivity index (χ4n) is 0.433. The molecule has 0 heterocycles. The molecule has 0 saturated carbocycles.